The maximum Gasteiger partial charge on any atom is 0.371 e. The van der Waals surface area contributed by atoms with Crippen LogP contribution in [-0.2, 0) is 5.60 Å². The Labute approximate surface area is 119 Å². The summed E-state index contributed by atoms with van der Waals surface area (Å²) in [6.45, 7) is 6.75. The van der Waals surface area contributed by atoms with E-state index in [0.717, 1.165) is 19.3 Å². The van der Waals surface area contributed by atoms with E-state index in [1.807, 2.05) is 0 Å². The summed E-state index contributed by atoms with van der Waals surface area (Å²) in [4.78, 5) is 10.8. The predicted molar refractivity (Wildman–Crippen MR) is 75.6 cm³/mol. The molecule has 112 valence electrons. The topological polar surface area (TPSA) is 70.7 Å². The number of carbonyl (C=O) groups is 1. The molecule has 0 unspecified atom stereocenters. The fourth-order valence-corrected chi connectivity index (χ4v) is 3.11. The van der Waals surface area contributed by atoms with E-state index >= 15 is 0 Å². The molecule has 0 saturated heterocycles. The highest BCUT2D eigenvalue weighted by Crippen LogP contribution is 2.47. The minimum absolute atomic E-state index is 0.107. The van der Waals surface area contributed by atoms with Crippen molar-refractivity contribution >= 4 is 5.97 Å². The number of furan rings is 1. The molecule has 0 atom stereocenters. The van der Waals surface area contributed by atoms with Crippen molar-refractivity contribution < 1.29 is 19.4 Å². The van der Waals surface area contributed by atoms with Crippen LogP contribution in [0, 0.1) is 11.3 Å². The molecule has 1 aliphatic carbocycles. The normalized spacial score (nSPS) is 27.5. The minimum atomic E-state index is -1.10. The van der Waals surface area contributed by atoms with Crippen LogP contribution in [0.15, 0.2) is 16.5 Å². The molecule has 4 heteroatoms. The van der Waals surface area contributed by atoms with Crippen molar-refractivity contribution in [2.24, 2.45) is 11.3 Å². The average molecular weight is 280 g/mol. The number of hydrogen-bond acceptors (Lipinski definition) is 3. The van der Waals surface area contributed by atoms with Crippen LogP contribution in [0.5, 0.6) is 0 Å². The second-order valence-electron chi connectivity index (χ2n) is 6.62. The Morgan fingerprint density at radius 1 is 1.40 bits per heavy atom. The highest BCUT2D eigenvalue weighted by molar-refractivity contribution is 5.84. The number of carboxylic acids is 1. The lowest BCUT2D eigenvalue weighted by Crippen LogP contribution is -2.36. The lowest BCUT2D eigenvalue weighted by Gasteiger charge is -2.41. The van der Waals surface area contributed by atoms with E-state index in [-0.39, 0.29) is 11.2 Å². The zero-order chi connectivity index (χ0) is 15.0. The van der Waals surface area contributed by atoms with Crippen LogP contribution in [0.1, 0.15) is 69.2 Å². The summed E-state index contributed by atoms with van der Waals surface area (Å²) in [6, 6.07) is 3.01. The van der Waals surface area contributed by atoms with Crippen molar-refractivity contribution in [3.05, 3.63) is 23.7 Å². The fourth-order valence-electron chi connectivity index (χ4n) is 3.11. The quantitative estimate of drug-likeness (QED) is 0.880. The van der Waals surface area contributed by atoms with Gasteiger partial charge in [-0.25, -0.2) is 4.79 Å². The first kappa shape index (κ1) is 15.1. The van der Waals surface area contributed by atoms with Crippen molar-refractivity contribution in [2.45, 2.75) is 58.5 Å². The highest BCUT2D eigenvalue weighted by Gasteiger charge is 2.41. The van der Waals surface area contributed by atoms with Gasteiger partial charge in [-0.05, 0) is 49.1 Å². The lowest BCUT2D eigenvalue weighted by molar-refractivity contribution is -0.0484. The summed E-state index contributed by atoms with van der Waals surface area (Å²) in [5.41, 5.74) is -0.718. The number of aliphatic hydroxyl groups is 1. The van der Waals surface area contributed by atoms with E-state index in [0.29, 0.717) is 24.5 Å². The third kappa shape index (κ3) is 2.75. The Morgan fingerprint density at radius 3 is 2.45 bits per heavy atom. The molecule has 0 radical (unpaired) electrons. The molecule has 0 spiro atoms. The Kier molecular flexibility index (Phi) is 3.96. The van der Waals surface area contributed by atoms with E-state index in [1.54, 1.807) is 6.07 Å². The number of hydrogen-bond donors (Lipinski definition) is 2. The molecule has 2 rings (SSSR count). The zero-order valence-electron chi connectivity index (χ0n) is 12.5. The maximum absolute atomic E-state index is 10.8. The van der Waals surface area contributed by atoms with Gasteiger partial charge in [-0.1, -0.05) is 27.2 Å². The van der Waals surface area contributed by atoms with Crippen molar-refractivity contribution in [3.8, 4) is 0 Å². The number of carboxylic acid groups (broad SMARTS) is 1. The van der Waals surface area contributed by atoms with Crippen LogP contribution in [0.4, 0.5) is 0 Å². The molecule has 1 heterocycles. The van der Waals surface area contributed by atoms with Crippen molar-refractivity contribution in [1.29, 1.82) is 0 Å². The summed E-state index contributed by atoms with van der Waals surface area (Å²) in [7, 11) is 0. The molecular weight excluding hydrogens is 256 g/mol. The minimum Gasteiger partial charge on any atom is -0.475 e. The zero-order valence-corrected chi connectivity index (χ0v) is 12.5. The third-order valence-corrected chi connectivity index (χ3v) is 5.10. The van der Waals surface area contributed by atoms with Gasteiger partial charge in [-0.15, -0.1) is 0 Å². The molecule has 0 amide bonds. The van der Waals surface area contributed by atoms with Gasteiger partial charge in [0.15, 0.2) is 0 Å². The van der Waals surface area contributed by atoms with E-state index in [4.69, 9.17) is 9.52 Å². The summed E-state index contributed by atoms with van der Waals surface area (Å²) < 4.78 is 5.29. The van der Waals surface area contributed by atoms with Gasteiger partial charge in [0.2, 0.25) is 5.76 Å². The molecular formula is C16H24O4. The molecule has 1 aliphatic rings. The summed E-state index contributed by atoms with van der Waals surface area (Å²) in [5, 5.41) is 19.6. The molecule has 1 aromatic heterocycles. The van der Waals surface area contributed by atoms with Crippen LogP contribution >= 0.6 is 0 Å². The summed E-state index contributed by atoms with van der Waals surface area (Å²) in [5.74, 6) is -0.213. The van der Waals surface area contributed by atoms with Crippen LogP contribution in [0.3, 0.4) is 0 Å². The predicted octanol–water partition coefficient (Wildman–Crippen LogP) is 3.79. The first-order valence-electron chi connectivity index (χ1n) is 7.34. The SMILES string of the molecule is CCC(C)(C)C1CCC(O)(c2ccc(C(=O)O)o2)CC1. The van der Waals surface area contributed by atoms with Crippen LogP contribution in [0.2, 0.25) is 0 Å². The average Bonchev–Trinajstić information content (AvgIpc) is 2.90. The molecule has 4 nitrogen and oxygen atoms in total. The Bertz CT molecular complexity index is 478. The van der Waals surface area contributed by atoms with Gasteiger partial charge < -0.3 is 14.6 Å². The fraction of sp³-hybridized carbons (Fsp3) is 0.688. The molecule has 0 bridgehead atoms. The van der Waals surface area contributed by atoms with E-state index in [9.17, 15) is 9.90 Å². The standard InChI is InChI=1S/C16H24O4/c1-4-15(2,3)11-7-9-16(19,10-8-11)13-6-5-12(20-13)14(17)18/h5-6,11,19H,4,7-10H2,1-3H3,(H,17,18). The third-order valence-electron chi connectivity index (χ3n) is 5.10. The molecule has 0 aliphatic heterocycles. The molecule has 0 aromatic carbocycles. The first-order valence-corrected chi connectivity index (χ1v) is 7.34. The van der Waals surface area contributed by atoms with Gasteiger partial charge in [-0.2, -0.15) is 0 Å². The lowest BCUT2D eigenvalue weighted by atomic mass is 9.66. The molecule has 20 heavy (non-hydrogen) atoms. The van der Waals surface area contributed by atoms with Crippen LogP contribution < -0.4 is 0 Å². The van der Waals surface area contributed by atoms with E-state index in [1.165, 1.54) is 6.07 Å². The van der Waals surface area contributed by atoms with Crippen molar-refractivity contribution in [1.82, 2.24) is 0 Å². The van der Waals surface area contributed by atoms with Crippen molar-refractivity contribution in [2.75, 3.05) is 0 Å². The molecule has 2 N–H and O–H groups in total. The maximum atomic E-state index is 10.8. The van der Waals surface area contributed by atoms with Gasteiger partial charge in [0, 0.05) is 0 Å². The molecule has 1 fully saturated rings. The smallest absolute Gasteiger partial charge is 0.371 e. The van der Waals surface area contributed by atoms with Crippen LogP contribution in [-0.4, -0.2) is 16.2 Å². The van der Waals surface area contributed by atoms with Gasteiger partial charge in [0.25, 0.3) is 0 Å². The largest absolute Gasteiger partial charge is 0.475 e. The van der Waals surface area contributed by atoms with Crippen LogP contribution in [0.25, 0.3) is 0 Å². The second kappa shape index (κ2) is 5.24. The Hall–Kier alpha value is -1.29. The van der Waals surface area contributed by atoms with Gasteiger partial charge in [-0.3, -0.25) is 0 Å². The van der Waals surface area contributed by atoms with Gasteiger partial charge >= 0.3 is 5.97 Å². The van der Waals surface area contributed by atoms with E-state index < -0.39 is 11.6 Å². The Morgan fingerprint density at radius 2 is 2.00 bits per heavy atom. The first-order chi connectivity index (χ1) is 9.28. The second-order valence-corrected chi connectivity index (χ2v) is 6.62. The van der Waals surface area contributed by atoms with Gasteiger partial charge in [0.05, 0.1) is 0 Å². The van der Waals surface area contributed by atoms with E-state index in [2.05, 4.69) is 20.8 Å². The molecule has 1 saturated carbocycles. The Balaban J connectivity index is 2.09. The highest BCUT2D eigenvalue weighted by atomic mass is 16.4. The summed E-state index contributed by atoms with van der Waals surface area (Å²) in [6.07, 6.45) is 4.28. The molecule has 1 aromatic rings. The summed E-state index contributed by atoms with van der Waals surface area (Å²) >= 11 is 0. The monoisotopic (exact) mass is 280 g/mol. The van der Waals surface area contributed by atoms with Gasteiger partial charge in [0.1, 0.15) is 11.4 Å². The number of rotatable bonds is 4. The number of aromatic carboxylic acids is 1. The van der Waals surface area contributed by atoms with Crippen molar-refractivity contribution in [3.63, 3.8) is 0 Å².